The third kappa shape index (κ3) is 13.0. The summed E-state index contributed by atoms with van der Waals surface area (Å²) < 4.78 is 0. The van der Waals surface area contributed by atoms with Gasteiger partial charge in [0.1, 0.15) is 0 Å². The van der Waals surface area contributed by atoms with E-state index in [9.17, 15) is 0 Å². The molecule has 0 aliphatic heterocycles. The predicted octanol–water partition coefficient (Wildman–Crippen LogP) is 5.39. The Labute approximate surface area is 101 Å². The highest BCUT2D eigenvalue weighted by Crippen LogP contribution is 2.07. The van der Waals surface area contributed by atoms with Crippen molar-refractivity contribution in [1.82, 2.24) is 0 Å². The minimum atomic E-state index is 1.20. The Morgan fingerprint density at radius 3 is 2.12 bits per heavy atom. The number of hydrogen-bond acceptors (Lipinski definition) is 0. The molecule has 0 aliphatic rings. The Kier molecular flexibility index (Phi) is 13.1. The van der Waals surface area contributed by atoms with Crippen molar-refractivity contribution in [1.29, 1.82) is 0 Å². The maximum Gasteiger partial charge on any atom is -0.0348 e. The van der Waals surface area contributed by atoms with Crippen LogP contribution >= 0.6 is 0 Å². The predicted molar refractivity (Wildman–Crippen MR) is 74.3 cm³/mol. The molecule has 0 saturated heterocycles. The van der Waals surface area contributed by atoms with Gasteiger partial charge in [0.05, 0.1) is 0 Å². The fourth-order valence-electron chi connectivity index (χ4n) is 1.47. The second-order valence-corrected chi connectivity index (χ2v) is 3.95. The highest BCUT2D eigenvalue weighted by molar-refractivity contribution is 5.13. The van der Waals surface area contributed by atoms with Gasteiger partial charge >= 0.3 is 0 Å². The van der Waals surface area contributed by atoms with E-state index in [1.807, 2.05) is 24.3 Å². The Hall–Kier alpha value is -1.04. The summed E-state index contributed by atoms with van der Waals surface area (Å²) in [5.74, 6) is 0. The molecule has 0 aromatic carbocycles. The first-order chi connectivity index (χ1) is 7.91. The van der Waals surface area contributed by atoms with Crippen LogP contribution in [0.25, 0.3) is 0 Å². The number of hydrogen-bond donors (Lipinski definition) is 0. The van der Waals surface area contributed by atoms with Gasteiger partial charge in [-0.15, -0.1) is 0 Å². The van der Waals surface area contributed by atoms with Crippen LogP contribution in [0.15, 0.2) is 42.5 Å². The van der Waals surface area contributed by atoms with Crippen LogP contribution in [-0.2, 0) is 0 Å². The summed E-state index contributed by atoms with van der Waals surface area (Å²) in [6.07, 6.45) is 23.0. The highest BCUT2D eigenvalue weighted by Gasteiger charge is 1.87. The summed E-state index contributed by atoms with van der Waals surface area (Å²) in [5.41, 5.74) is 0. The Morgan fingerprint density at radius 2 is 1.38 bits per heavy atom. The smallest absolute Gasteiger partial charge is 0.0348 e. The van der Waals surface area contributed by atoms with E-state index in [4.69, 9.17) is 6.58 Å². The van der Waals surface area contributed by atoms with Crippen molar-refractivity contribution in [2.45, 2.75) is 51.9 Å². The Balaban J connectivity index is 3.24. The molecule has 0 nitrogen and oxygen atoms in total. The lowest BCUT2D eigenvalue weighted by atomic mass is 10.1. The zero-order chi connectivity index (χ0) is 11.9. The molecule has 0 saturated carbocycles. The van der Waals surface area contributed by atoms with Gasteiger partial charge in [0, 0.05) is 0 Å². The van der Waals surface area contributed by atoms with Gasteiger partial charge in [0.2, 0.25) is 0 Å². The molecule has 0 bridgehead atoms. The molecule has 0 N–H and O–H groups in total. The standard InChI is InChI=1S/C16H25/c1-3-5-7-9-11-13-15-16-14-12-10-8-6-4-2/h1,3,5,7,9,11,13,15H,4,6,8,10,12,14,16H2,2H3. The van der Waals surface area contributed by atoms with Gasteiger partial charge in [0.15, 0.2) is 0 Å². The maximum absolute atomic E-state index is 5.20. The van der Waals surface area contributed by atoms with Crippen molar-refractivity contribution in [3.05, 3.63) is 49.1 Å². The average molecular weight is 217 g/mol. The van der Waals surface area contributed by atoms with Crippen molar-refractivity contribution >= 4 is 0 Å². The van der Waals surface area contributed by atoms with Crippen LogP contribution in [0, 0.1) is 6.58 Å². The van der Waals surface area contributed by atoms with E-state index in [1.54, 1.807) is 0 Å². The summed E-state index contributed by atoms with van der Waals surface area (Å²) in [7, 11) is 0. The molecule has 0 heterocycles. The van der Waals surface area contributed by atoms with Crippen LogP contribution < -0.4 is 0 Å². The lowest BCUT2D eigenvalue weighted by Crippen LogP contribution is -1.77. The van der Waals surface area contributed by atoms with Crippen molar-refractivity contribution in [2.75, 3.05) is 0 Å². The second kappa shape index (κ2) is 14.0. The second-order valence-electron chi connectivity index (χ2n) is 3.95. The SMILES string of the molecule is [CH]=CC=CC=CC=CCCCCCCCC. The van der Waals surface area contributed by atoms with Crippen LogP contribution in [0.2, 0.25) is 0 Å². The van der Waals surface area contributed by atoms with Gasteiger partial charge in [0.25, 0.3) is 0 Å². The molecule has 0 amide bonds. The van der Waals surface area contributed by atoms with Gasteiger partial charge in [-0.05, 0) is 12.8 Å². The monoisotopic (exact) mass is 217 g/mol. The van der Waals surface area contributed by atoms with E-state index in [1.165, 1.54) is 51.0 Å². The van der Waals surface area contributed by atoms with Crippen molar-refractivity contribution in [3.63, 3.8) is 0 Å². The average Bonchev–Trinajstić information content (AvgIpc) is 2.31. The molecule has 0 unspecified atom stereocenters. The normalized spacial score (nSPS) is 12.1. The zero-order valence-corrected chi connectivity index (χ0v) is 10.6. The number of allylic oxidation sites excluding steroid dienone is 7. The van der Waals surface area contributed by atoms with Gasteiger partial charge in [-0.2, -0.15) is 0 Å². The van der Waals surface area contributed by atoms with Crippen LogP contribution in [0.5, 0.6) is 0 Å². The minimum Gasteiger partial charge on any atom is -0.0845 e. The van der Waals surface area contributed by atoms with Gasteiger partial charge in [-0.1, -0.05) is 88.1 Å². The van der Waals surface area contributed by atoms with E-state index in [0.29, 0.717) is 0 Å². The third-order valence-corrected chi connectivity index (χ3v) is 2.42. The van der Waals surface area contributed by atoms with Crippen LogP contribution in [0.4, 0.5) is 0 Å². The molecule has 16 heavy (non-hydrogen) atoms. The molecule has 0 spiro atoms. The van der Waals surface area contributed by atoms with Crippen molar-refractivity contribution in [2.24, 2.45) is 0 Å². The van der Waals surface area contributed by atoms with Gasteiger partial charge in [-0.3, -0.25) is 0 Å². The summed E-state index contributed by atoms with van der Waals surface area (Å²) >= 11 is 0. The molecule has 89 valence electrons. The molecule has 0 fully saturated rings. The molecule has 0 heteroatoms. The molecule has 1 radical (unpaired) electrons. The molecule has 0 atom stereocenters. The molecule has 0 aromatic rings. The van der Waals surface area contributed by atoms with E-state index in [0.717, 1.165) is 0 Å². The van der Waals surface area contributed by atoms with Gasteiger partial charge in [-0.25, -0.2) is 0 Å². The summed E-state index contributed by atoms with van der Waals surface area (Å²) in [4.78, 5) is 0. The molecule has 0 rings (SSSR count). The Morgan fingerprint density at radius 1 is 0.750 bits per heavy atom. The fraction of sp³-hybridized carbons (Fsp3) is 0.500. The van der Waals surface area contributed by atoms with E-state index < -0.39 is 0 Å². The molecule has 0 aliphatic carbocycles. The van der Waals surface area contributed by atoms with E-state index >= 15 is 0 Å². The van der Waals surface area contributed by atoms with Gasteiger partial charge < -0.3 is 0 Å². The largest absolute Gasteiger partial charge is 0.0845 e. The van der Waals surface area contributed by atoms with E-state index in [-0.39, 0.29) is 0 Å². The fourth-order valence-corrected chi connectivity index (χ4v) is 1.47. The Bertz CT molecular complexity index is 218. The summed E-state index contributed by atoms with van der Waals surface area (Å²) in [6.45, 7) is 7.45. The first kappa shape index (κ1) is 15.0. The lowest BCUT2D eigenvalue weighted by molar-refractivity contribution is 0.611. The summed E-state index contributed by atoms with van der Waals surface area (Å²) in [5, 5.41) is 0. The molecular weight excluding hydrogens is 192 g/mol. The zero-order valence-electron chi connectivity index (χ0n) is 10.6. The van der Waals surface area contributed by atoms with Crippen LogP contribution in [-0.4, -0.2) is 0 Å². The minimum absolute atomic E-state index is 1.20. The van der Waals surface area contributed by atoms with E-state index in [2.05, 4.69) is 19.1 Å². The van der Waals surface area contributed by atoms with Crippen molar-refractivity contribution < 1.29 is 0 Å². The van der Waals surface area contributed by atoms with Crippen LogP contribution in [0.3, 0.4) is 0 Å². The third-order valence-electron chi connectivity index (χ3n) is 2.42. The topological polar surface area (TPSA) is 0 Å². The van der Waals surface area contributed by atoms with Crippen molar-refractivity contribution in [3.8, 4) is 0 Å². The first-order valence-corrected chi connectivity index (χ1v) is 6.45. The number of unbranched alkanes of at least 4 members (excludes halogenated alkanes) is 6. The first-order valence-electron chi connectivity index (χ1n) is 6.45. The molecular formula is C16H25. The highest BCUT2D eigenvalue weighted by atomic mass is 13.9. The number of rotatable bonds is 10. The lowest BCUT2D eigenvalue weighted by Gasteiger charge is -1.97. The maximum atomic E-state index is 5.20. The van der Waals surface area contributed by atoms with Crippen LogP contribution in [0.1, 0.15) is 51.9 Å². The molecule has 0 aromatic heterocycles. The summed E-state index contributed by atoms with van der Waals surface area (Å²) in [6, 6.07) is 0. The quantitative estimate of drug-likeness (QED) is 0.340.